The Morgan fingerprint density at radius 2 is 1.96 bits per heavy atom. The molecule has 0 bridgehead atoms. The van der Waals surface area contributed by atoms with Gasteiger partial charge in [-0.2, -0.15) is 5.10 Å². The normalized spacial score (nSPS) is 12.8. The van der Waals surface area contributed by atoms with E-state index in [9.17, 15) is 0 Å². The van der Waals surface area contributed by atoms with Gasteiger partial charge in [0.1, 0.15) is 6.33 Å². The highest BCUT2D eigenvalue weighted by Gasteiger charge is 2.14. The second-order valence-corrected chi connectivity index (χ2v) is 7.01. The van der Waals surface area contributed by atoms with Crippen LogP contribution in [0.2, 0.25) is 0 Å². The molecule has 6 nitrogen and oxygen atoms in total. The van der Waals surface area contributed by atoms with E-state index in [1.54, 1.807) is 12.5 Å². The molecule has 0 radical (unpaired) electrons. The Morgan fingerprint density at radius 1 is 1.08 bits per heavy atom. The zero-order chi connectivity index (χ0) is 18.1. The van der Waals surface area contributed by atoms with E-state index in [2.05, 4.69) is 63.8 Å². The third kappa shape index (κ3) is 3.10. The van der Waals surface area contributed by atoms with Gasteiger partial charge in [0.05, 0.1) is 6.20 Å². The summed E-state index contributed by atoms with van der Waals surface area (Å²) in [5, 5.41) is 12.8. The van der Waals surface area contributed by atoms with Gasteiger partial charge < -0.3 is 0 Å². The topological polar surface area (TPSA) is 60.9 Å². The molecule has 0 aliphatic rings. The van der Waals surface area contributed by atoms with Crippen molar-refractivity contribution in [2.75, 3.05) is 0 Å². The number of rotatable bonds is 5. The third-order valence-electron chi connectivity index (χ3n) is 4.75. The Labute approximate surface area is 152 Å². The van der Waals surface area contributed by atoms with Gasteiger partial charge in [0.2, 0.25) is 0 Å². The monoisotopic (exact) mass is 346 g/mol. The highest BCUT2D eigenvalue weighted by Crippen LogP contribution is 2.24. The molecule has 0 fully saturated rings. The molecule has 4 heterocycles. The molecular formula is C20H22N6. The Balaban J connectivity index is 1.63. The van der Waals surface area contributed by atoms with Gasteiger partial charge in [-0.1, -0.05) is 26.8 Å². The summed E-state index contributed by atoms with van der Waals surface area (Å²) in [7, 11) is 0. The minimum Gasteiger partial charge on any atom is -0.286 e. The first-order valence-electron chi connectivity index (χ1n) is 8.90. The molecule has 0 amide bonds. The van der Waals surface area contributed by atoms with Crippen LogP contribution < -0.4 is 0 Å². The first-order chi connectivity index (χ1) is 12.6. The fourth-order valence-corrected chi connectivity index (χ4v) is 3.14. The van der Waals surface area contributed by atoms with Gasteiger partial charge in [-0.15, -0.1) is 10.2 Å². The van der Waals surface area contributed by atoms with Gasteiger partial charge in [0, 0.05) is 18.1 Å². The third-order valence-corrected chi connectivity index (χ3v) is 4.75. The molecule has 0 aliphatic carbocycles. The molecule has 0 saturated heterocycles. The van der Waals surface area contributed by atoms with Crippen molar-refractivity contribution in [1.29, 1.82) is 0 Å². The van der Waals surface area contributed by atoms with Crippen molar-refractivity contribution < 1.29 is 0 Å². The lowest BCUT2D eigenvalue weighted by molar-refractivity contribution is 0.725. The quantitative estimate of drug-likeness (QED) is 0.552. The smallest absolute Gasteiger partial charge is 0.161 e. The van der Waals surface area contributed by atoms with Crippen LogP contribution in [0.25, 0.3) is 11.5 Å². The van der Waals surface area contributed by atoms with Gasteiger partial charge >= 0.3 is 0 Å². The number of aromatic nitrogens is 6. The maximum absolute atomic E-state index is 4.47. The molecule has 0 unspecified atom stereocenters. The molecule has 26 heavy (non-hydrogen) atoms. The minimum atomic E-state index is 0.320. The predicted molar refractivity (Wildman–Crippen MR) is 101 cm³/mol. The van der Waals surface area contributed by atoms with E-state index in [0.29, 0.717) is 11.8 Å². The first-order valence-corrected chi connectivity index (χ1v) is 8.90. The van der Waals surface area contributed by atoms with Crippen LogP contribution in [0.1, 0.15) is 49.4 Å². The molecule has 4 rings (SSSR count). The molecule has 132 valence electrons. The average molecular weight is 346 g/mol. The molecule has 1 atom stereocenters. The van der Waals surface area contributed by atoms with Crippen molar-refractivity contribution >= 4 is 5.65 Å². The largest absolute Gasteiger partial charge is 0.286 e. The maximum atomic E-state index is 4.47. The zero-order valence-corrected chi connectivity index (χ0v) is 15.2. The molecule has 0 saturated carbocycles. The molecule has 0 aromatic carbocycles. The molecule has 0 spiro atoms. The molecule has 6 heteroatoms. The van der Waals surface area contributed by atoms with E-state index in [4.69, 9.17) is 0 Å². The number of fused-ring (bicyclic) bond motifs is 1. The standard InChI is InChI=1S/C20H22N6/c1-14(2)16-9-18(25-13-22-24-20(25)10-16)8-15(3)17-11-23-26(12-17)19-6-4-5-7-21-19/h4-7,9-15H,8H2,1-3H3/t15-/m0/s1. The van der Waals surface area contributed by atoms with Gasteiger partial charge in [-0.3, -0.25) is 4.40 Å². The summed E-state index contributed by atoms with van der Waals surface area (Å²) < 4.78 is 3.90. The second kappa shape index (κ2) is 6.71. The lowest BCUT2D eigenvalue weighted by atomic mass is 9.96. The van der Waals surface area contributed by atoms with E-state index >= 15 is 0 Å². The van der Waals surface area contributed by atoms with E-state index < -0.39 is 0 Å². The average Bonchev–Trinajstić information content (AvgIpc) is 3.32. The molecular weight excluding hydrogens is 324 g/mol. The summed E-state index contributed by atoms with van der Waals surface area (Å²) in [4.78, 5) is 4.35. The maximum Gasteiger partial charge on any atom is 0.161 e. The predicted octanol–water partition coefficient (Wildman–Crippen LogP) is 3.78. The number of hydrogen-bond donors (Lipinski definition) is 0. The molecule has 4 aromatic heterocycles. The SMILES string of the molecule is CC(C)c1cc(C[C@H](C)c2cnn(-c3ccccn3)c2)n2cnnc2c1. The number of nitrogens with zero attached hydrogens (tertiary/aromatic N) is 6. The van der Waals surface area contributed by atoms with E-state index in [0.717, 1.165) is 17.9 Å². The van der Waals surface area contributed by atoms with E-state index in [-0.39, 0.29) is 0 Å². The van der Waals surface area contributed by atoms with Crippen molar-refractivity contribution in [3.63, 3.8) is 0 Å². The molecule has 4 aromatic rings. The van der Waals surface area contributed by atoms with Crippen LogP contribution in [-0.4, -0.2) is 29.4 Å². The summed E-state index contributed by atoms with van der Waals surface area (Å²) in [5.74, 6) is 1.60. The highest BCUT2D eigenvalue weighted by molar-refractivity contribution is 5.44. The first kappa shape index (κ1) is 16.4. The Hall–Kier alpha value is -3.02. The number of pyridine rings is 2. The van der Waals surface area contributed by atoms with Gasteiger partial charge in [0.25, 0.3) is 0 Å². The molecule has 0 aliphatic heterocycles. The fourth-order valence-electron chi connectivity index (χ4n) is 3.14. The second-order valence-electron chi connectivity index (χ2n) is 7.01. The van der Waals surface area contributed by atoms with Gasteiger partial charge in [-0.05, 0) is 53.6 Å². The fraction of sp³-hybridized carbons (Fsp3) is 0.300. The minimum absolute atomic E-state index is 0.320. The van der Waals surface area contributed by atoms with Crippen molar-refractivity contribution in [1.82, 2.24) is 29.4 Å². The summed E-state index contributed by atoms with van der Waals surface area (Å²) >= 11 is 0. The molecule has 0 N–H and O–H groups in total. The van der Waals surface area contributed by atoms with Crippen LogP contribution in [0, 0.1) is 0 Å². The van der Waals surface area contributed by atoms with Crippen LogP contribution in [0.15, 0.2) is 55.2 Å². The van der Waals surface area contributed by atoms with Gasteiger partial charge in [-0.25, -0.2) is 9.67 Å². The van der Waals surface area contributed by atoms with E-state index in [1.165, 1.54) is 16.8 Å². The Kier molecular flexibility index (Phi) is 4.24. The van der Waals surface area contributed by atoms with Crippen molar-refractivity contribution in [2.45, 2.75) is 39.0 Å². The highest BCUT2D eigenvalue weighted by atomic mass is 15.3. The van der Waals surface area contributed by atoms with Crippen LogP contribution in [0.4, 0.5) is 0 Å². The summed E-state index contributed by atoms with van der Waals surface area (Å²) in [5.41, 5.74) is 4.60. The summed E-state index contributed by atoms with van der Waals surface area (Å²) in [6, 6.07) is 10.2. The Morgan fingerprint density at radius 3 is 2.73 bits per heavy atom. The summed E-state index contributed by atoms with van der Waals surface area (Å²) in [6.45, 7) is 6.62. The van der Waals surface area contributed by atoms with Crippen LogP contribution in [0.3, 0.4) is 0 Å². The van der Waals surface area contributed by atoms with Crippen LogP contribution in [0.5, 0.6) is 0 Å². The lowest BCUT2D eigenvalue weighted by Gasteiger charge is -2.14. The van der Waals surface area contributed by atoms with Crippen LogP contribution in [-0.2, 0) is 6.42 Å². The van der Waals surface area contributed by atoms with Crippen molar-refractivity contribution in [3.05, 3.63) is 72.1 Å². The van der Waals surface area contributed by atoms with Gasteiger partial charge in [0.15, 0.2) is 11.5 Å². The van der Waals surface area contributed by atoms with Crippen LogP contribution >= 0.6 is 0 Å². The van der Waals surface area contributed by atoms with E-state index in [1.807, 2.05) is 29.1 Å². The number of hydrogen-bond acceptors (Lipinski definition) is 4. The lowest BCUT2D eigenvalue weighted by Crippen LogP contribution is -2.05. The van der Waals surface area contributed by atoms with Crippen molar-refractivity contribution in [2.24, 2.45) is 0 Å². The van der Waals surface area contributed by atoms with Crippen molar-refractivity contribution in [3.8, 4) is 5.82 Å². The zero-order valence-electron chi connectivity index (χ0n) is 15.2. The Bertz CT molecular complexity index is 1020. The summed E-state index contributed by atoms with van der Waals surface area (Å²) in [6.07, 6.45) is 8.44.